The van der Waals surface area contributed by atoms with Crippen molar-refractivity contribution in [2.45, 2.75) is 65.3 Å². The SMILES string of the molecule is CCCCCCCCc1c[n+](-c2ccc(C)cc2)nn1Cc1ccccc1. The fraction of sp³-hybridized carbons (Fsp3) is 0.417. The lowest BCUT2D eigenvalue weighted by Crippen LogP contribution is -2.33. The summed E-state index contributed by atoms with van der Waals surface area (Å²) in [4.78, 5) is 0. The Morgan fingerprint density at radius 2 is 1.56 bits per heavy atom. The molecule has 3 heteroatoms. The molecule has 0 saturated carbocycles. The molecule has 0 saturated heterocycles. The maximum absolute atomic E-state index is 4.87. The van der Waals surface area contributed by atoms with E-state index in [9.17, 15) is 0 Å². The highest BCUT2D eigenvalue weighted by Gasteiger charge is 2.17. The molecular weight excluding hydrogens is 330 g/mol. The quantitative estimate of drug-likeness (QED) is 0.349. The zero-order chi connectivity index (χ0) is 18.9. The Kier molecular flexibility index (Phi) is 7.20. The summed E-state index contributed by atoms with van der Waals surface area (Å²) in [6.07, 6.45) is 11.2. The lowest BCUT2D eigenvalue weighted by molar-refractivity contribution is -0.661. The summed E-state index contributed by atoms with van der Waals surface area (Å²) < 4.78 is 4.19. The van der Waals surface area contributed by atoms with Crippen LogP contribution < -0.4 is 4.68 Å². The lowest BCUT2D eigenvalue weighted by atomic mass is 10.1. The van der Waals surface area contributed by atoms with Crippen molar-refractivity contribution in [2.24, 2.45) is 0 Å². The Bertz CT molecular complexity index is 803. The molecular formula is C24H32N3+. The van der Waals surface area contributed by atoms with E-state index in [1.165, 1.54) is 55.3 Å². The van der Waals surface area contributed by atoms with Gasteiger partial charge in [-0.1, -0.05) is 87.1 Å². The smallest absolute Gasteiger partial charge is 0.129 e. The monoisotopic (exact) mass is 362 g/mol. The van der Waals surface area contributed by atoms with E-state index in [-0.39, 0.29) is 0 Å². The van der Waals surface area contributed by atoms with Crippen LogP contribution >= 0.6 is 0 Å². The molecule has 3 aromatic rings. The Morgan fingerprint density at radius 3 is 2.30 bits per heavy atom. The van der Waals surface area contributed by atoms with Crippen LogP contribution in [0.4, 0.5) is 0 Å². The number of aromatic nitrogens is 3. The molecule has 0 amide bonds. The minimum atomic E-state index is 0.824. The van der Waals surface area contributed by atoms with E-state index >= 15 is 0 Å². The van der Waals surface area contributed by atoms with Gasteiger partial charge >= 0.3 is 0 Å². The molecule has 2 aromatic carbocycles. The summed E-state index contributed by atoms with van der Waals surface area (Å²) >= 11 is 0. The number of rotatable bonds is 10. The van der Waals surface area contributed by atoms with E-state index in [0.717, 1.165) is 18.7 Å². The topological polar surface area (TPSA) is 21.7 Å². The maximum Gasteiger partial charge on any atom is 0.168 e. The molecule has 0 aliphatic rings. The minimum Gasteiger partial charge on any atom is -0.129 e. The molecule has 3 rings (SSSR count). The summed E-state index contributed by atoms with van der Waals surface area (Å²) in [5, 5.41) is 4.87. The van der Waals surface area contributed by atoms with Crippen LogP contribution in [0.5, 0.6) is 0 Å². The second kappa shape index (κ2) is 10.1. The Morgan fingerprint density at radius 1 is 0.852 bits per heavy atom. The average molecular weight is 363 g/mol. The molecule has 0 aliphatic carbocycles. The maximum atomic E-state index is 4.87. The van der Waals surface area contributed by atoms with Crippen LogP contribution in [0.2, 0.25) is 0 Å². The normalized spacial score (nSPS) is 11.0. The van der Waals surface area contributed by atoms with Crippen molar-refractivity contribution in [3.63, 3.8) is 0 Å². The molecule has 0 aliphatic heterocycles. The van der Waals surface area contributed by atoms with Crippen LogP contribution in [0.3, 0.4) is 0 Å². The number of aryl methyl sites for hydroxylation is 2. The van der Waals surface area contributed by atoms with Crippen LogP contribution in [-0.2, 0) is 13.0 Å². The van der Waals surface area contributed by atoms with Gasteiger partial charge in [0.2, 0.25) is 0 Å². The zero-order valence-corrected chi connectivity index (χ0v) is 16.8. The summed E-state index contributed by atoms with van der Waals surface area (Å²) in [7, 11) is 0. The Hall–Kier alpha value is -2.42. The Labute approximate surface area is 163 Å². The first-order valence-corrected chi connectivity index (χ1v) is 10.4. The molecule has 0 radical (unpaired) electrons. The number of benzene rings is 2. The highest BCUT2D eigenvalue weighted by Crippen LogP contribution is 2.11. The van der Waals surface area contributed by atoms with E-state index in [1.807, 2.05) is 4.68 Å². The van der Waals surface area contributed by atoms with Crippen molar-refractivity contribution in [1.29, 1.82) is 0 Å². The molecule has 0 bridgehead atoms. The van der Waals surface area contributed by atoms with Crippen LogP contribution in [0, 0.1) is 6.92 Å². The van der Waals surface area contributed by atoms with Crippen LogP contribution in [0.1, 0.15) is 62.3 Å². The fourth-order valence-electron chi connectivity index (χ4n) is 3.40. The van der Waals surface area contributed by atoms with Crippen molar-refractivity contribution in [3.8, 4) is 5.69 Å². The fourth-order valence-corrected chi connectivity index (χ4v) is 3.40. The third-order valence-corrected chi connectivity index (χ3v) is 5.07. The highest BCUT2D eigenvalue weighted by molar-refractivity contribution is 5.26. The van der Waals surface area contributed by atoms with Crippen molar-refractivity contribution in [2.75, 3.05) is 0 Å². The third kappa shape index (κ3) is 5.78. The highest BCUT2D eigenvalue weighted by atomic mass is 15.5. The first-order chi connectivity index (χ1) is 13.3. The third-order valence-electron chi connectivity index (χ3n) is 5.07. The number of hydrogen-bond donors (Lipinski definition) is 0. The standard InChI is InChI=1S/C24H32N3/c1-3-4-5-6-7-11-14-24-20-27(23-17-15-21(2)16-18-23)25-26(24)19-22-12-9-8-10-13-22/h8-10,12-13,15-18,20H,3-7,11,14,19H2,1-2H3/q+1. The average Bonchev–Trinajstić information content (AvgIpc) is 3.08. The van der Waals surface area contributed by atoms with Gasteiger partial charge in [0.15, 0.2) is 17.6 Å². The van der Waals surface area contributed by atoms with Crippen molar-refractivity contribution >= 4 is 0 Å². The van der Waals surface area contributed by atoms with Crippen LogP contribution in [0.25, 0.3) is 5.69 Å². The number of hydrogen-bond acceptors (Lipinski definition) is 1. The van der Waals surface area contributed by atoms with Crippen LogP contribution in [0.15, 0.2) is 60.8 Å². The molecule has 0 fully saturated rings. The second-order valence-electron chi connectivity index (χ2n) is 7.45. The molecule has 27 heavy (non-hydrogen) atoms. The molecule has 0 unspecified atom stereocenters. The van der Waals surface area contributed by atoms with Gasteiger partial charge in [0.25, 0.3) is 0 Å². The first kappa shape index (κ1) is 19.3. The van der Waals surface area contributed by atoms with Crippen molar-refractivity contribution in [1.82, 2.24) is 9.90 Å². The molecule has 1 aromatic heterocycles. The van der Waals surface area contributed by atoms with Gasteiger partial charge in [0.05, 0.1) is 5.21 Å². The van der Waals surface area contributed by atoms with E-state index in [4.69, 9.17) is 5.21 Å². The summed E-state index contributed by atoms with van der Waals surface area (Å²) in [6, 6.07) is 19.2. The van der Waals surface area contributed by atoms with Crippen LogP contribution in [-0.4, -0.2) is 9.90 Å². The second-order valence-corrected chi connectivity index (χ2v) is 7.45. The van der Waals surface area contributed by atoms with Gasteiger partial charge < -0.3 is 0 Å². The predicted octanol–water partition coefficient (Wildman–Crippen LogP) is 5.42. The summed E-state index contributed by atoms with van der Waals surface area (Å²) in [6.45, 7) is 5.21. The van der Waals surface area contributed by atoms with Gasteiger partial charge in [0.1, 0.15) is 6.54 Å². The van der Waals surface area contributed by atoms with Gasteiger partial charge in [-0.15, -0.1) is 9.36 Å². The number of unbranched alkanes of at least 4 members (excludes halogenated alkanes) is 5. The number of nitrogens with zero attached hydrogens (tertiary/aromatic N) is 3. The molecule has 142 valence electrons. The predicted molar refractivity (Wildman–Crippen MR) is 111 cm³/mol. The van der Waals surface area contributed by atoms with Gasteiger partial charge in [-0.05, 0) is 31.0 Å². The van der Waals surface area contributed by atoms with Gasteiger partial charge in [-0.25, -0.2) is 0 Å². The largest absolute Gasteiger partial charge is 0.168 e. The molecule has 0 N–H and O–H groups in total. The van der Waals surface area contributed by atoms with E-state index in [2.05, 4.69) is 79.3 Å². The minimum absolute atomic E-state index is 0.824. The summed E-state index contributed by atoms with van der Waals surface area (Å²) in [5.41, 5.74) is 5.00. The van der Waals surface area contributed by atoms with E-state index in [1.54, 1.807) is 0 Å². The van der Waals surface area contributed by atoms with E-state index in [0.29, 0.717) is 0 Å². The molecule has 0 atom stereocenters. The van der Waals surface area contributed by atoms with Gasteiger partial charge in [-0.2, -0.15) is 0 Å². The lowest BCUT2D eigenvalue weighted by Gasteiger charge is -2.01. The van der Waals surface area contributed by atoms with Gasteiger partial charge in [-0.3, -0.25) is 0 Å². The van der Waals surface area contributed by atoms with E-state index < -0.39 is 0 Å². The molecule has 1 heterocycles. The Balaban J connectivity index is 1.73. The zero-order valence-electron chi connectivity index (χ0n) is 16.8. The molecule has 3 nitrogen and oxygen atoms in total. The van der Waals surface area contributed by atoms with Gasteiger partial charge in [0, 0.05) is 6.42 Å². The molecule has 0 spiro atoms. The van der Waals surface area contributed by atoms with Crippen molar-refractivity contribution in [3.05, 3.63) is 77.6 Å². The summed E-state index contributed by atoms with van der Waals surface area (Å²) in [5.74, 6) is 0. The first-order valence-electron chi connectivity index (χ1n) is 10.4. The van der Waals surface area contributed by atoms with Crippen molar-refractivity contribution < 1.29 is 4.68 Å².